The molecular weight excluding hydrogens is 216 g/mol. The van der Waals surface area contributed by atoms with Crippen molar-refractivity contribution in [3.8, 4) is 0 Å². The molecule has 0 fully saturated rings. The van der Waals surface area contributed by atoms with Gasteiger partial charge in [0.1, 0.15) is 0 Å². The second-order valence-electron chi connectivity index (χ2n) is 2.98. The molecule has 0 bridgehead atoms. The Bertz CT molecular complexity index is 293. The van der Waals surface area contributed by atoms with Crippen LogP contribution in [0.1, 0.15) is 5.56 Å². The fraction of sp³-hybridized carbons (Fsp3) is 0.300. The maximum atomic E-state index is 10.8. The molecule has 0 radical (unpaired) electrons. The van der Waals surface area contributed by atoms with Crippen molar-refractivity contribution in [1.82, 2.24) is 4.90 Å². The van der Waals surface area contributed by atoms with E-state index in [9.17, 15) is 4.79 Å². The maximum Gasteiger partial charge on any atom is 0.407 e. The molecule has 0 unspecified atom stereocenters. The molecule has 84 valence electrons. The quantitative estimate of drug-likeness (QED) is 0.825. The first-order chi connectivity index (χ1) is 6.74. The fourth-order valence-corrected chi connectivity index (χ4v) is 1.20. The van der Waals surface area contributed by atoms with E-state index in [-0.39, 0.29) is 12.4 Å². The summed E-state index contributed by atoms with van der Waals surface area (Å²) in [6.45, 7) is 1.11. The maximum absolute atomic E-state index is 10.8. The van der Waals surface area contributed by atoms with Crippen molar-refractivity contribution < 1.29 is 9.90 Å². The first-order valence-corrected chi connectivity index (χ1v) is 4.46. The highest BCUT2D eigenvalue weighted by molar-refractivity contribution is 5.85. The first-order valence-electron chi connectivity index (χ1n) is 4.46. The van der Waals surface area contributed by atoms with Crippen molar-refractivity contribution in [2.24, 2.45) is 5.73 Å². The standard InChI is InChI=1S/C10H14N2O2.ClH/c11-6-7-12(10(13)14)8-9-4-2-1-3-5-9;/h1-5H,6-8,11H2,(H,13,14);1H. The molecular formula is C10H15ClN2O2. The Morgan fingerprint density at radius 1 is 1.33 bits per heavy atom. The minimum Gasteiger partial charge on any atom is -0.465 e. The fourth-order valence-electron chi connectivity index (χ4n) is 1.20. The van der Waals surface area contributed by atoms with Crippen molar-refractivity contribution in [3.63, 3.8) is 0 Å². The number of benzene rings is 1. The van der Waals surface area contributed by atoms with Gasteiger partial charge in [-0.25, -0.2) is 4.79 Å². The number of carbonyl (C=O) groups is 1. The van der Waals surface area contributed by atoms with Crippen LogP contribution in [-0.4, -0.2) is 29.2 Å². The van der Waals surface area contributed by atoms with E-state index in [0.717, 1.165) is 5.56 Å². The smallest absolute Gasteiger partial charge is 0.407 e. The predicted octanol–water partition coefficient (Wildman–Crippen LogP) is 1.55. The van der Waals surface area contributed by atoms with Crippen LogP contribution in [0.3, 0.4) is 0 Å². The molecule has 1 aromatic carbocycles. The molecule has 0 aliphatic rings. The highest BCUT2D eigenvalue weighted by atomic mass is 35.5. The molecule has 5 heteroatoms. The molecule has 1 amide bonds. The summed E-state index contributed by atoms with van der Waals surface area (Å²) in [5.74, 6) is 0. The normalized spacial score (nSPS) is 9.13. The lowest BCUT2D eigenvalue weighted by molar-refractivity contribution is 0.144. The van der Waals surface area contributed by atoms with E-state index < -0.39 is 6.09 Å². The molecule has 0 saturated heterocycles. The molecule has 0 atom stereocenters. The van der Waals surface area contributed by atoms with Crippen molar-refractivity contribution in [1.29, 1.82) is 0 Å². The Balaban J connectivity index is 0.00000196. The number of hydrogen-bond donors (Lipinski definition) is 2. The third-order valence-corrected chi connectivity index (χ3v) is 1.89. The Morgan fingerprint density at radius 3 is 2.40 bits per heavy atom. The zero-order valence-electron chi connectivity index (χ0n) is 8.30. The first kappa shape index (κ1) is 13.7. The summed E-state index contributed by atoms with van der Waals surface area (Å²) in [6.07, 6.45) is -0.931. The van der Waals surface area contributed by atoms with Gasteiger partial charge >= 0.3 is 6.09 Å². The Morgan fingerprint density at radius 2 is 1.93 bits per heavy atom. The van der Waals surface area contributed by atoms with Crippen LogP contribution in [0, 0.1) is 0 Å². The topological polar surface area (TPSA) is 66.6 Å². The third kappa shape index (κ3) is 4.67. The summed E-state index contributed by atoms with van der Waals surface area (Å²) in [4.78, 5) is 12.1. The van der Waals surface area contributed by atoms with Crippen LogP contribution < -0.4 is 5.73 Å². The van der Waals surface area contributed by atoms with Crippen LogP contribution >= 0.6 is 12.4 Å². The second-order valence-corrected chi connectivity index (χ2v) is 2.98. The molecule has 0 aliphatic heterocycles. The third-order valence-electron chi connectivity index (χ3n) is 1.89. The van der Waals surface area contributed by atoms with Gasteiger partial charge in [-0.05, 0) is 5.56 Å². The Hall–Kier alpha value is -1.26. The zero-order chi connectivity index (χ0) is 10.4. The van der Waals surface area contributed by atoms with Gasteiger partial charge < -0.3 is 15.7 Å². The van der Waals surface area contributed by atoms with E-state index in [2.05, 4.69) is 0 Å². The van der Waals surface area contributed by atoms with Crippen molar-refractivity contribution in [2.75, 3.05) is 13.1 Å². The number of carboxylic acid groups (broad SMARTS) is 1. The summed E-state index contributed by atoms with van der Waals surface area (Å²) in [5, 5.41) is 8.84. The largest absolute Gasteiger partial charge is 0.465 e. The number of nitrogens with two attached hydrogens (primary N) is 1. The summed E-state index contributed by atoms with van der Waals surface area (Å²) in [7, 11) is 0. The van der Waals surface area contributed by atoms with Crippen LogP contribution in [0.4, 0.5) is 4.79 Å². The Labute approximate surface area is 95.1 Å². The van der Waals surface area contributed by atoms with Crippen molar-refractivity contribution in [2.45, 2.75) is 6.54 Å². The van der Waals surface area contributed by atoms with Gasteiger partial charge in [0.05, 0.1) is 0 Å². The summed E-state index contributed by atoms with van der Waals surface area (Å²) in [5.41, 5.74) is 6.29. The van der Waals surface area contributed by atoms with Crippen LogP contribution in [0.25, 0.3) is 0 Å². The minimum atomic E-state index is -0.931. The number of halogens is 1. The molecule has 0 aromatic heterocycles. The van der Waals surface area contributed by atoms with E-state index in [0.29, 0.717) is 19.6 Å². The van der Waals surface area contributed by atoms with Gasteiger partial charge in [0, 0.05) is 19.6 Å². The van der Waals surface area contributed by atoms with E-state index >= 15 is 0 Å². The molecule has 0 spiro atoms. The predicted molar refractivity (Wildman–Crippen MR) is 61.2 cm³/mol. The van der Waals surface area contributed by atoms with E-state index in [1.165, 1.54) is 4.90 Å². The van der Waals surface area contributed by atoms with Crippen LogP contribution in [0.5, 0.6) is 0 Å². The van der Waals surface area contributed by atoms with Crippen molar-refractivity contribution in [3.05, 3.63) is 35.9 Å². The number of amides is 1. The van der Waals surface area contributed by atoms with Crippen LogP contribution in [-0.2, 0) is 6.54 Å². The summed E-state index contributed by atoms with van der Waals surface area (Å²) in [6, 6.07) is 9.46. The highest BCUT2D eigenvalue weighted by Gasteiger charge is 2.10. The lowest BCUT2D eigenvalue weighted by Gasteiger charge is -2.17. The molecule has 15 heavy (non-hydrogen) atoms. The van der Waals surface area contributed by atoms with Gasteiger partial charge in [-0.3, -0.25) is 0 Å². The molecule has 4 nitrogen and oxygen atoms in total. The Kier molecular flexibility index (Phi) is 6.49. The highest BCUT2D eigenvalue weighted by Crippen LogP contribution is 2.03. The number of rotatable bonds is 4. The van der Waals surface area contributed by atoms with Gasteiger partial charge in [0.15, 0.2) is 0 Å². The summed E-state index contributed by atoms with van der Waals surface area (Å²) < 4.78 is 0. The zero-order valence-corrected chi connectivity index (χ0v) is 9.11. The monoisotopic (exact) mass is 230 g/mol. The van der Waals surface area contributed by atoms with Gasteiger partial charge in [0.2, 0.25) is 0 Å². The average Bonchev–Trinajstić information content (AvgIpc) is 2.18. The van der Waals surface area contributed by atoms with Gasteiger partial charge in [-0.1, -0.05) is 30.3 Å². The molecule has 1 aromatic rings. The lowest BCUT2D eigenvalue weighted by Crippen LogP contribution is -2.33. The molecule has 1 rings (SSSR count). The van der Waals surface area contributed by atoms with Crippen LogP contribution in [0.15, 0.2) is 30.3 Å². The van der Waals surface area contributed by atoms with E-state index in [1.807, 2.05) is 30.3 Å². The second kappa shape index (κ2) is 7.09. The van der Waals surface area contributed by atoms with Gasteiger partial charge in [-0.2, -0.15) is 0 Å². The van der Waals surface area contributed by atoms with Crippen LogP contribution in [0.2, 0.25) is 0 Å². The number of hydrogen-bond acceptors (Lipinski definition) is 2. The molecule has 3 N–H and O–H groups in total. The van der Waals surface area contributed by atoms with Gasteiger partial charge in [0.25, 0.3) is 0 Å². The van der Waals surface area contributed by atoms with Gasteiger partial charge in [-0.15, -0.1) is 12.4 Å². The SMILES string of the molecule is Cl.NCCN(Cc1ccccc1)C(=O)O. The van der Waals surface area contributed by atoms with Crippen molar-refractivity contribution >= 4 is 18.5 Å². The average molecular weight is 231 g/mol. The molecule has 0 saturated carbocycles. The van der Waals surface area contributed by atoms with E-state index in [4.69, 9.17) is 10.8 Å². The lowest BCUT2D eigenvalue weighted by atomic mass is 10.2. The molecule has 0 aliphatic carbocycles. The minimum absolute atomic E-state index is 0. The molecule has 0 heterocycles. The van der Waals surface area contributed by atoms with E-state index in [1.54, 1.807) is 0 Å². The summed E-state index contributed by atoms with van der Waals surface area (Å²) >= 11 is 0. The number of nitrogens with zero attached hydrogens (tertiary/aromatic N) is 1.